The fourth-order valence-corrected chi connectivity index (χ4v) is 4.33. The molecule has 0 aliphatic carbocycles. The molecule has 0 aromatic heterocycles. The molecule has 6 nitrogen and oxygen atoms in total. The van der Waals surface area contributed by atoms with Crippen molar-refractivity contribution in [2.45, 2.75) is 52.6 Å². The van der Waals surface area contributed by atoms with E-state index in [4.69, 9.17) is 9.47 Å². The van der Waals surface area contributed by atoms with Crippen LogP contribution in [0.15, 0.2) is 23.2 Å². The minimum absolute atomic E-state index is 0. The van der Waals surface area contributed by atoms with Crippen LogP contribution in [0.2, 0.25) is 0 Å². The minimum atomic E-state index is 0. The molecule has 0 spiro atoms. The molecule has 2 atom stereocenters. The lowest BCUT2D eigenvalue weighted by atomic mass is 10.0. The van der Waals surface area contributed by atoms with Crippen LogP contribution in [-0.2, 0) is 11.3 Å². The van der Waals surface area contributed by atoms with E-state index in [1.165, 1.54) is 31.5 Å². The molecule has 1 aromatic carbocycles. The zero-order chi connectivity index (χ0) is 21.3. The van der Waals surface area contributed by atoms with Crippen LogP contribution in [0.1, 0.15) is 44.2 Å². The monoisotopic (exact) mass is 544 g/mol. The van der Waals surface area contributed by atoms with Gasteiger partial charge in [0.25, 0.3) is 0 Å². The van der Waals surface area contributed by atoms with Crippen LogP contribution in [0.4, 0.5) is 0 Å². The molecule has 0 amide bonds. The molecule has 2 aliphatic heterocycles. The number of halogens is 1. The highest BCUT2D eigenvalue weighted by Gasteiger charge is 2.24. The van der Waals surface area contributed by atoms with E-state index in [0.29, 0.717) is 24.4 Å². The van der Waals surface area contributed by atoms with Gasteiger partial charge < -0.3 is 20.1 Å². The van der Waals surface area contributed by atoms with Crippen molar-refractivity contribution in [1.82, 2.24) is 15.5 Å². The van der Waals surface area contributed by atoms with Crippen LogP contribution in [0.5, 0.6) is 5.75 Å². The number of ether oxygens (including phenoxy) is 2. The van der Waals surface area contributed by atoms with E-state index in [2.05, 4.69) is 59.5 Å². The summed E-state index contributed by atoms with van der Waals surface area (Å²) in [6.07, 6.45) is 3.72. The van der Waals surface area contributed by atoms with Crippen molar-refractivity contribution >= 4 is 29.9 Å². The maximum atomic E-state index is 6.18. The second-order valence-electron chi connectivity index (χ2n) is 9.01. The van der Waals surface area contributed by atoms with E-state index in [9.17, 15) is 0 Å². The van der Waals surface area contributed by atoms with E-state index >= 15 is 0 Å². The Labute approximate surface area is 205 Å². The molecule has 1 aromatic rings. The lowest BCUT2D eigenvalue weighted by Crippen LogP contribution is -2.48. The molecule has 2 N–H and O–H groups in total. The number of likely N-dealkylation sites (tertiary alicyclic amines) is 1. The van der Waals surface area contributed by atoms with Gasteiger partial charge in [0.05, 0.1) is 13.2 Å². The zero-order valence-electron chi connectivity index (χ0n) is 19.7. The molecule has 2 fully saturated rings. The standard InChI is InChI=1S/C24H40N4O2.HI/c1-18(2)22(28-10-5-6-11-28)15-27-24(25-4)26-14-21-8-7-19(3)13-23(21)30-17-20-9-12-29-16-20;/h7-8,13,18,20,22H,5-6,9-12,14-17H2,1-4H3,(H2,25,26,27);1H. The first-order chi connectivity index (χ1) is 14.6. The average Bonchev–Trinajstić information content (AvgIpc) is 3.44. The van der Waals surface area contributed by atoms with Gasteiger partial charge in [0, 0.05) is 44.3 Å². The molecule has 31 heavy (non-hydrogen) atoms. The molecule has 2 aliphatic rings. The Morgan fingerprint density at radius 1 is 1.26 bits per heavy atom. The summed E-state index contributed by atoms with van der Waals surface area (Å²) in [5.74, 6) is 2.92. The summed E-state index contributed by atoms with van der Waals surface area (Å²) >= 11 is 0. The number of aliphatic imine (C=N–C) groups is 1. The second kappa shape index (κ2) is 13.5. The van der Waals surface area contributed by atoms with Gasteiger partial charge in [-0.1, -0.05) is 26.0 Å². The van der Waals surface area contributed by atoms with Gasteiger partial charge in [0.15, 0.2) is 5.96 Å². The normalized spacial score (nSPS) is 20.5. The number of hydrogen-bond donors (Lipinski definition) is 2. The molecule has 3 rings (SSSR count). The lowest BCUT2D eigenvalue weighted by molar-refractivity contribution is 0.166. The highest BCUT2D eigenvalue weighted by Crippen LogP contribution is 2.23. The van der Waals surface area contributed by atoms with Gasteiger partial charge in [0.2, 0.25) is 0 Å². The maximum Gasteiger partial charge on any atom is 0.191 e. The number of hydrogen-bond acceptors (Lipinski definition) is 4. The van der Waals surface area contributed by atoms with Gasteiger partial charge in [-0.3, -0.25) is 9.89 Å². The van der Waals surface area contributed by atoms with E-state index in [1.807, 2.05) is 7.05 Å². The molecular weight excluding hydrogens is 503 g/mol. The van der Waals surface area contributed by atoms with Crippen molar-refractivity contribution in [3.63, 3.8) is 0 Å². The van der Waals surface area contributed by atoms with Gasteiger partial charge in [-0.05, 0) is 56.8 Å². The van der Waals surface area contributed by atoms with Crippen molar-refractivity contribution in [2.75, 3.05) is 46.5 Å². The highest BCUT2D eigenvalue weighted by molar-refractivity contribution is 14.0. The smallest absolute Gasteiger partial charge is 0.191 e. The third-order valence-corrected chi connectivity index (χ3v) is 6.25. The number of benzene rings is 1. The van der Waals surface area contributed by atoms with Crippen LogP contribution >= 0.6 is 24.0 Å². The summed E-state index contributed by atoms with van der Waals surface area (Å²) in [7, 11) is 1.84. The second-order valence-corrected chi connectivity index (χ2v) is 9.01. The van der Waals surface area contributed by atoms with Gasteiger partial charge in [-0.15, -0.1) is 24.0 Å². The predicted octanol–water partition coefficient (Wildman–Crippen LogP) is 3.81. The summed E-state index contributed by atoms with van der Waals surface area (Å²) < 4.78 is 11.7. The fraction of sp³-hybridized carbons (Fsp3) is 0.708. The third-order valence-electron chi connectivity index (χ3n) is 6.25. The molecule has 0 bridgehead atoms. The fourth-order valence-electron chi connectivity index (χ4n) is 4.33. The first-order valence-corrected chi connectivity index (χ1v) is 11.6. The Balaban J connectivity index is 0.00000341. The number of aryl methyl sites for hydroxylation is 1. The first-order valence-electron chi connectivity index (χ1n) is 11.6. The molecule has 2 heterocycles. The molecule has 7 heteroatoms. The third kappa shape index (κ3) is 8.09. The molecule has 0 saturated carbocycles. The lowest BCUT2D eigenvalue weighted by Gasteiger charge is -2.31. The molecule has 176 valence electrons. The SMILES string of the molecule is CN=C(NCc1ccc(C)cc1OCC1CCOC1)NCC(C(C)C)N1CCCC1.I. The summed E-state index contributed by atoms with van der Waals surface area (Å²) in [6.45, 7) is 13.1. The quantitative estimate of drug-likeness (QED) is 0.282. The molecule has 0 radical (unpaired) electrons. The van der Waals surface area contributed by atoms with Crippen LogP contribution in [0.3, 0.4) is 0 Å². The first kappa shape index (κ1) is 26.2. The Morgan fingerprint density at radius 3 is 2.68 bits per heavy atom. The Hall–Kier alpha value is -1.06. The number of guanidine groups is 1. The zero-order valence-corrected chi connectivity index (χ0v) is 22.0. The van der Waals surface area contributed by atoms with Gasteiger partial charge in [-0.2, -0.15) is 0 Å². The maximum absolute atomic E-state index is 6.18. The molecule has 2 unspecified atom stereocenters. The van der Waals surface area contributed by atoms with Gasteiger partial charge in [-0.25, -0.2) is 0 Å². The van der Waals surface area contributed by atoms with E-state index < -0.39 is 0 Å². The van der Waals surface area contributed by atoms with Crippen LogP contribution in [0, 0.1) is 18.8 Å². The summed E-state index contributed by atoms with van der Waals surface area (Å²) in [6, 6.07) is 6.96. The van der Waals surface area contributed by atoms with Crippen LogP contribution in [-0.4, -0.2) is 63.4 Å². The molecule has 2 saturated heterocycles. The molecular formula is C24H41IN4O2. The summed E-state index contributed by atoms with van der Waals surface area (Å²) in [5, 5.41) is 7.02. The topological polar surface area (TPSA) is 58.1 Å². The summed E-state index contributed by atoms with van der Waals surface area (Å²) in [5.41, 5.74) is 2.37. The highest BCUT2D eigenvalue weighted by atomic mass is 127. The number of rotatable bonds is 9. The average molecular weight is 545 g/mol. The number of nitrogens with one attached hydrogen (secondary N) is 2. The van der Waals surface area contributed by atoms with Gasteiger partial charge >= 0.3 is 0 Å². The Bertz CT molecular complexity index is 686. The van der Waals surface area contributed by atoms with Crippen molar-refractivity contribution in [2.24, 2.45) is 16.8 Å². The largest absolute Gasteiger partial charge is 0.493 e. The van der Waals surface area contributed by atoms with Crippen LogP contribution in [0.25, 0.3) is 0 Å². The number of nitrogens with zero attached hydrogens (tertiary/aromatic N) is 2. The Morgan fingerprint density at radius 2 is 2.03 bits per heavy atom. The van der Waals surface area contributed by atoms with Crippen molar-refractivity contribution < 1.29 is 9.47 Å². The van der Waals surface area contributed by atoms with Crippen molar-refractivity contribution in [3.05, 3.63) is 29.3 Å². The van der Waals surface area contributed by atoms with Gasteiger partial charge in [0.1, 0.15) is 5.75 Å². The van der Waals surface area contributed by atoms with Crippen molar-refractivity contribution in [1.29, 1.82) is 0 Å². The Kier molecular flexibility index (Phi) is 11.4. The van der Waals surface area contributed by atoms with E-state index in [0.717, 1.165) is 50.1 Å². The summed E-state index contributed by atoms with van der Waals surface area (Å²) in [4.78, 5) is 7.05. The minimum Gasteiger partial charge on any atom is -0.493 e. The predicted molar refractivity (Wildman–Crippen MR) is 139 cm³/mol. The van der Waals surface area contributed by atoms with Crippen LogP contribution < -0.4 is 15.4 Å². The van der Waals surface area contributed by atoms with E-state index in [-0.39, 0.29) is 24.0 Å². The van der Waals surface area contributed by atoms with Crippen molar-refractivity contribution in [3.8, 4) is 5.75 Å². The van der Waals surface area contributed by atoms with E-state index in [1.54, 1.807) is 0 Å².